The molecule has 0 spiro atoms. The number of aromatic nitrogens is 1. The molecule has 0 aliphatic heterocycles. The summed E-state index contributed by atoms with van der Waals surface area (Å²) < 4.78 is 35.8. The molecule has 0 saturated heterocycles. The molecule has 0 radical (unpaired) electrons. The van der Waals surface area contributed by atoms with Crippen LogP contribution in [0.25, 0.3) is 0 Å². The summed E-state index contributed by atoms with van der Waals surface area (Å²) in [5.74, 6) is 0.523. The van der Waals surface area contributed by atoms with Crippen molar-refractivity contribution in [1.82, 2.24) is 4.98 Å². The highest BCUT2D eigenvalue weighted by Gasteiger charge is 2.26. The molecule has 0 aliphatic rings. The lowest BCUT2D eigenvalue weighted by Gasteiger charge is -2.11. The number of nitrogens with zero attached hydrogens (tertiary/aromatic N) is 1. The van der Waals surface area contributed by atoms with Gasteiger partial charge in [0, 0.05) is 13.6 Å². The Kier molecular flexibility index (Phi) is 4.70. The summed E-state index contributed by atoms with van der Waals surface area (Å²) in [6, 6.07) is 1.41. The number of rotatable bonds is 4. The third-order valence-electron chi connectivity index (χ3n) is 1.87. The largest absolute Gasteiger partial charge is 0.390 e. The highest BCUT2D eigenvalue weighted by molar-refractivity contribution is 6.37. The Morgan fingerprint density at radius 1 is 1.24 bits per heavy atom. The third-order valence-corrected chi connectivity index (χ3v) is 2.44. The fourth-order valence-corrected chi connectivity index (χ4v) is 1.61. The van der Waals surface area contributed by atoms with Crippen LogP contribution < -0.4 is 10.6 Å². The van der Waals surface area contributed by atoms with Gasteiger partial charge >= 0.3 is 6.18 Å². The van der Waals surface area contributed by atoms with Gasteiger partial charge in [0.1, 0.15) is 11.6 Å². The van der Waals surface area contributed by atoms with Crippen LogP contribution in [-0.2, 0) is 0 Å². The molecule has 96 valence electrons. The molecule has 0 aliphatic carbocycles. The van der Waals surface area contributed by atoms with Gasteiger partial charge < -0.3 is 10.6 Å². The van der Waals surface area contributed by atoms with Gasteiger partial charge in [0.2, 0.25) is 0 Å². The van der Waals surface area contributed by atoms with Crippen LogP contribution in [0.2, 0.25) is 10.0 Å². The zero-order valence-electron chi connectivity index (χ0n) is 8.83. The smallest absolute Gasteiger partial charge is 0.372 e. The van der Waals surface area contributed by atoms with Crippen molar-refractivity contribution in [2.45, 2.75) is 12.6 Å². The van der Waals surface area contributed by atoms with Gasteiger partial charge in [0.15, 0.2) is 0 Å². The van der Waals surface area contributed by atoms with Crippen molar-refractivity contribution in [3.63, 3.8) is 0 Å². The second-order valence-corrected chi connectivity index (χ2v) is 4.01. The number of hydrogen-bond donors (Lipinski definition) is 2. The summed E-state index contributed by atoms with van der Waals surface area (Å²) in [5.41, 5.74) is 0. The summed E-state index contributed by atoms with van der Waals surface area (Å²) in [5, 5.41) is 5.70. The fraction of sp³-hybridized carbons (Fsp3) is 0.444. The molecule has 1 aromatic heterocycles. The van der Waals surface area contributed by atoms with E-state index in [1.165, 1.54) is 6.07 Å². The molecule has 2 N–H and O–H groups in total. The van der Waals surface area contributed by atoms with Gasteiger partial charge in [0.25, 0.3) is 0 Å². The van der Waals surface area contributed by atoms with E-state index in [1.807, 2.05) is 0 Å². The Morgan fingerprint density at radius 2 is 1.82 bits per heavy atom. The van der Waals surface area contributed by atoms with Gasteiger partial charge in [-0.3, -0.25) is 0 Å². The van der Waals surface area contributed by atoms with Crippen LogP contribution in [0.4, 0.5) is 24.8 Å². The van der Waals surface area contributed by atoms with E-state index < -0.39 is 12.6 Å². The lowest BCUT2D eigenvalue weighted by atomic mass is 10.4. The normalized spacial score (nSPS) is 11.4. The molecule has 0 bridgehead atoms. The molecule has 0 aromatic carbocycles. The van der Waals surface area contributed by atoms with Crippen LogP contribution in [0.1, 0.15) is 6.42 Å². The standard InChI is InChI=1S/C9H10Cl2F3N3/c1-15-7-5(10)4-6(11)8(17-7)16-3-2-9(12,13)14/h4H,2-3H2,1H3,(H2,15,16,17). The predicted molar refractivity (Wildman–Crippen MR) is 63.0 cm³/mol. The molecule has 0 amide bonds. The zero-order valence-corrected chi connectivity index (χ0v) is 10.3. The molecule has 0 saturated carbocycles. The van der Waals surface area contributed by atoms with Crippen LogP contribution >= 0.6 is 23.2 Å². The highest BCUT2D eigenvalue weighted by Crippen LogP contribution is 2.29. The van der Waals surface area contributed by atoms with E-state index in [-0.39, 0.29) is 17.4 Å². The first-order valence-electron chi connectivity index (χ1n) is 4.68. The highest BCUT2D eigenvalue weighted by atomic mass is 35.5. The lowest BCUT2D eigenvalue weighted by molar-refractivity contribution is -0.131. The SMILES string of the molecule is CNc1nc(NCCC(F)(F)F)c(Cl)cc1Cl. The first-order valence-corrected chi connectivity index (χ1v) is 5.43. The minimum Gasteiger partial charge on any atom is -0.372 e. The van der Waals surface area contributed by atoms with E-state index in [1.54, 1.807) is 7.05 Å². The minimum absolute atomic E-state index is 0.171. The minimum atomic E-state index is -4.21. The molecule has 1 aromatic rings. The third kappa shape index (κ3) is 4.47. The second-order valence-electron chi connectivity index (χ2n) is 3.19. The Labute approximate surface area is 106 Å². The zero-order chi connectivity index (χ0) is 13.1. The molecule has 17 heavy (non-hydrogen) atoms. The number of pyridine rings is 1. The van der Waals surface area contributed by atoms with Crippen molar-refractivity contribution in [1.29, 1.82) is 0 Å². The van der Waals surface area contributed by atoms with Crippen molar-refractivity contribution in [3.05, 3.63) is 16.1 Å². The molecule has 1 rings (SSSR count). The summed E-state index contributed by atoms with van der Waals surface area (Å²) in [7, 11) is 1.60. The Balaban J connectivity index is 2.71. The number of anilines is 2. The van der Waals surface area contributed by atoms with Crippen molar-refractivity contribution >= 4 is 34.8 Å². The van der Waals surface area contributed by atoms with Gasteiger partial charge in [-0.1, -0.05) is 23.2 Å². The number of halogens is 5. The van der Waals surface area contributed by atoms with Crippen LogP contribution in [0.3, 0.4) is 0 Å². The van der Waals surface area contributed by atoms with Crippen molar-refractivity contribution in [2.75, 3.05) is 24.2 Å². The van der Waals surface area contributed by atoms with Crippen LogP contribution in [0, 0.1) is 0 Å². The Hall–Kier alpha value is -0.880. The van der Waals surface area contributed by atoms with Crippen molar-refractivity contribution < 1.29 is 13.2 Å². The molecular weight excluding hydrogens is 278 g/mol. The molecular formula is C9H10Cl2F3N3. The number of nitrogens with one attached hydrogen (secondary N) is 2. The Bertz CT molecular complexity index is 396. The van der Waals surface area contributed by atoms with E-state index in [4.69, 9.17) is 23.2 Å². The van der Waals surface area contributed by atoms with E-state index in [0.29, 0.717) is 10.8 Å². The van der Waals surface area contributed by atoms with Gasteiger partial charge in [-0.25, -0.2) is 4.98 Å². The maximum atomic E-state index is 11.9. The molecule has 0 fully saturated rings. The number of alkyl halides is 3. The topological polar surface area (TPSA) is 37.0 Å². The quantitative estimate of drug-likeness (QED) is 0.885. The van der Waals surface area contributed by atoms with E-state index in [9.17, 15) is 13.2 Å². The first kappa shape index (κ1) is 14.2. The van der Waals surface area contributed by atoms with Crippen molar-refractivity contribution in [3.8, 4) is 0 Å². The van der Waals surface area contributed by atoms with Gasteiger partial charge in [-0.05, 0) is 6.07 Å². The van der Waals surface area contributed by atoms with Crippen molar-refractivity contribution in [2.24, 2.45) is 0 Å². The van der Waals surface area contributed by atoms with E-state index in [0.717, 1.165) is 0 Å². The summed E-state index contributed by atoms with van der Waals surface area (Å²) in [4.78, 5) is 3.96. The van der Waals surface area contributed by atoms with Gasteiger partial charge in [-0.2, -0.15) is 13.2 Å². The van der Waals surface area contributed by atoms with Crippen LogP contribution in [0.15, 0.2) is 6.07 Å². The molecule has 3 nitrogen and oxygen atoms in total. The van der Waals surface area contributed by atoms with Crippen LogP contribution in [-0.4, -0.2) is 24.8 Å². The summed E-state index contributed by atoms with van der Waals surface area (Å²) in [6.45, 7) is -0.291. The maximum Gasteiger partial charge on any atom is 0.390 e. The van der Waals surface area contributed by atoms with E-state index >= 15 is 0 Å². The molecule has 8 heteroatoms. The second kappa shape index (κ2) is 5.64. The summed E-state index contributed by atoms with van der Waals surface area (Å²) in [6.07, 6.45) is -5.17. The fourth-order valence-electron chi connectivity index (χ4n) is 1.09. The molecule has 0 unspecified atom stereocenters. The van der Waals surface area contributed by atoms with E-state index in [2.05, 4.69) is 15.6 Å². The molecule has 1 heterocycles. The Morgan fingerprint density at radius 3 is 2.35 bits per heavy atom. The maximum absolute atomic E-state index is 11.9. The monoisotopic (exact) mass is 287 g/mol. The van der Waals surface area contributed by atoms with Gasteiger partial charge in [0.05, 0.1) is 16.5 Å². The lowest BCUT2D eigenvalue weighted by Crippen LogP contribution is -2.15. The number of hydrogen-bond acceptors (Lipinski definition) is 3. The molecule has 0 atom stereocenters. The predicted octanol–water partition coefficient (Wildman–Crippen LogP) is 3.79. The first-order chi connectivity index (χ1) is 7.83. The average molecular weight is 288 g/mol. The average Bonchev–Trinajstić information content (AvgIpc) is 2.19. The van der Waals surface area contributed by atoms with Gasteiger partial charge in [-0.15, -0.1) is 0 Å². The summed E-state index contributed by atoms with van der Waals surface area (Å²) >= 11 is 11.6. The van der Waals surface area contributed by atoms with Crippen LogP contribution in [0.5, 0.6) is 0 Å².